The van der Waals surface area contributed by atoms with E-state index >= 15 is 0 Å². The van der Waals surface area contributed by atoms with Crippen molar-refractivity contribution in [3.8, 4) is 22.5 Å². The van der Waals surface area contributed by atoms with E-state index in [2.05, 4.69) is 185 Å². The molecule has 252 valence electrons. The first kappa shape index (κ1) is 30.1. The fourth-order valence-electron chi connectivity index (χ4n) is 9.93. The summed E-state index contributed by atoms with van der Waals surface area (Å²) in [6, 6.07) is 48.7. The lowest BCUT2D eigenvalue weighted by atomic mass is 9.71. The number of para-hydroxylation sites is 1. The monoisotopic (exact) mass is 670 g/mol. The molecule has 2 heteroatoms. The van der Waals surface area contributed by atoms with Crippen LogP contribution in [0.2, 0.25) is 0 Å². The lowest BCUT2D eigenvalue weighted by Crippen LogP contribution is -2.28. The molecule has 0 N–H and O–H groups in total. The summed E-state index contributed by atoms with van der Waals surface area (Å²) < 4.78 is 5.12. The summed E-state index contributed by atoms with van der Waals surface area (Å²) in [7, 11) is 0. The van der Waals surface area contributed by atoms with Gasteiger partial charge >= 0.3 is 0 Å². The summed E-state index contributed by atoms with van der Waals surface area (Å²) in [5, 5.41) is 7.77. The number of aromatic nitrogens is 2. The highest BCUT2D eigenvalue weighted by Crippen LogP contribution is 2.55. The second-order valence-corrected chi connectivity index (χ2v) is 17.5. The van der Waals surface area contributed by atoms with Crippen molar-refractivity contribution in [2.45, 2.75) is 64.7 Å². The predicted octanol–water partition coefficient (Wildman–Crippen LogP) is 13.3. The minimum Gasteiger partial charge on any atom is -0.309 e. The van der Waals surface area contributed by atoms with Crippen LogP contribution in [0.5, 0.6) is 0 Å². The molecular formula is C50H42N2. The van der Waals surface area contributed by atoms with Crippen molar-refractivity contribution in [3.05, 3.63) is 155 Å². The minimum atomic E-state index is -0.192. The van der Waals surface area contributed by atoms with E-state index in [1.54, 1.807) is 0 Å². The van der Waals surface area contributed by atoms with Crippen LogP contribution < -0.4 is 0 Å². The Morgan fingerprint density at radius 3 is 1.96 bits per heavy atom. The molecule has 2 aliphatic rings. The van der Waals surface area contributed by atoms with Crippen molar-refractivity contribution >= 4 is 54.4 Å². The zero-order chi connectivity index (χ0) is 35.5. The van der Waals surface area contributed by atoms with Crippen LogP contribution in [0.25, 0.3) is 76.9 Å². The van der Waals surface area contributed by atoms with Gasteiger partial charge in [0.05, 0.1) is 27.8 Å². The van der Waals surface area contributed by atoms with Crippen LogP contribution in [-0.2, 0) is 16.2 Å². The van der Waals surface area contributed by atoms with Crippen molar-refractivity contribution in [1.82, 2.24) is 9.13 Å². The zero-order valence-corrected chi connectivity index (χ0v) is 31.0. The van der Waals surface area contributed by atoms with E-state index in [9.17, 15) is 0 Å². The molecule has 0 bridgehead atoms. The molecule has 0 fully saturated rings. The maximum atomic E-state index is 2.63. The largest absolute Gasteiger partial charge is 0.309 e. The molecule has 11 rings (SSSR count). The Morgan fingerprint density at radius 1 is 0.442 bits per heavy atom. The smallest absolute Gasteiger partial charge is 0.0582 e. The topological polar surface area (TPSA) is 9.86 Å². The molecule has 0 spiro atoms. The third-order valence-corrected chi connectivity index (χ3v) is 12.8. The average molecular weight is 671 g/mol. The predicted molar refractivity (Wildman–Crippen MR) is 221 cm³/mol. The van der Waals surface area contributed by atoms with Gasteiger partial charge in [-0.15, -0.1) is 0 Å². The summed E-state index contributed by atoms with van der Waals surface area (Å²) in [5.74, 6) is 0. The molecule has 2 nitrogen and oxygen atoms in total. The Balaban J connectivity index is 1.31. The van der Waals surface area contributed by atoms with Crippen LogP contribution in [0, 0.1) is 0 Å². The van der Waals surface area contributed by atoms with Gasteiger partial charge in [-0.3, -0.25) is 0 Å². The van der Waals surface area contributed by atoms with Gasteiger partial charge in [0.2, 0.25) is 0 Å². The molecule has 0 atom stereocenters. The van der Waals surface area contributed by atoms with Crippen molar-refractivity contribution in [3.63, 3.8) is 0 Å². The van der Waals surface area contributed by atoms with Gasteiger partial charge in [-0.1, -0.05) is 127 Å². The van der Waals surface area contributed by atoms with Crippen molar-refractivity contribution < 1.29 is 0 Å². The summed E-state index contributed by atoms with van der Waals surface area (Å²) in [6.45, 7) is 16.8. The van der Waals surface area contributed by atoms with E-state index in [1.165, 1.54) is 105 Å². The highest BCUT2D eigenvalue weighted by molar-refractivity contribution is 6.20. The molecule has 0 unspecified atom stereocenters. The van der Waals surface area contributed by atoms with Crippen LogP contribution in [-0.4, -0.2) is 9.13 Å². The zero-order valence-electron chi connectivity index (χ0n) is 31.0. The number of nitrogens with zero attached hydrogens (tertiary/aromatic N) is 2. The Labute approximate surface area is 304 Å². The maximum absolute atomic E-state index is 2.63. The number of hydrogen-bond donors (Lipinski definition) is 0. The average Bonchev–Trinajstić information content (AvgIpc) is 3.71. The van der Waals surface area contributed by atoms with E-state index in [4.69, 9.17) is 0 Å². The van der Waals surface area contributed by atoms with Crippen molar-refractivity contribution in [2.75, 3.05) is 0 Å². The van der Waals surface area contributed by atoms with E-state index < -0.39 is 0 Å². The SMILES string of the molecule is CC(C)(C)c1cc2c3c(c1)c1cc4c5ccccc5n(-c5ccc6ccccc6c5)c4cc1n3-c1cc3c(cc1C2(C)C)-c1ccccc1C3(C)C. The molecule has 1 aliphatic carbocycles. The number of hydrogen-bond acceptors (Lipinski definition) is 0. The van der Waals surface area contributed by atoms with Crippen LogP contribution >= 0.6 is 0 Å². The molecule has 0 amide bonds. The first-order chi connectivity index (χ1) is 24.9. The fraction of sp³-hybridized carbons (Fsp3) is 0.200. The summed E-state index contributed by atoms with van der Waals surface area (Å²) in [4.78, 5) is 0. The van der Waals surface area contributed by atoms with Crippen LogP contribution in [0.15, 0.2) is 127 Å². The first-order valence-corrected chi connectivity index (χ1v) is 18.8. The minimum absolute atomic E-state index is 0.00653. The summed E-state index contributed by atoms with van der Waals surface area (Å²) in [5.41, 5.74) is 17.1. The van der Waals surface area contributed by atoms with E-state index in [0.717, 1.165) is 0 Å². The highest BCUT2D eigenvalue weighted by Gasteiger charge is 2.41. The summed E-state index contributed by atoms with van der Waals surface area (Å²) >= 11 is 0. The van der Waals surface area contributed by atoms with Gasteiger partial charge in [-0.25, -0.2) is 0 Å². The second kappa shape index (κ2) is 9.63. The van der Waals surface area contributed by atoms with Gasteiger partial charge in [0, 0.05) is 38.1 Å². The summed E-state index contributed by atoms with van der Waals surface area (Å²) in [6.07, 6.45) is 0. The Morgan fingerprint density at radius 2 is 1.13 bits per heavy atom. The number of rotatable bonds is 1. The normalized spacial score (nSPS) is 15.5. The molecule has 7 aromatic carbocycles. The highest BCUT2D eigenvalue weighted by atomic mass is 15.0. The van der Waals surface area contributed by atoms with Crippen LogP contribution in [0.4, 0.5) is 0 Å². The van der Waals surface area contributed by atoms with Gasteiger partial charge in [0.1, 0.15) is 0 Å². The molecule has 1 aliphatic heterocycles. The van der Waals surface area contributed by atoms with Gasteiger partial charge in [0.15, 0.2) is 0 Å². The third-order valence-electron chi connectivity index (χ3n) is 12.8. The number of benzene rings is 7. The molecule has 52 heavy (non-hydrogen) atoms. The lowest BCUT2D eigenvalue weighted by Gasteiger charge is -2.37. The molecule has 3 heterocycles. The fourth-order valence-corrected chi connectivity index (χ4v) is 9.93. The molecule has 0 radical (unpaired) electrons. The Bertz CT molecular complexity index is 3040. The van der Waals surface area contributed by atoms with Crippen molar-refractivity contribution in [2.24, 2.45) is 0 Å². The van der Waals surface area contributed by atoms with Gasteiger partial charge in [0.25, 0.3) is 0 Å². The molecule has 0 saturated carbocycles. The first-order valence-electron chi connectivity index (χ1n) is 18.8. The van der Waals surface area contributed by atoms with E-state index in [0.29, 0.717) is 0 Å². The molecule has 9 aromatic rings. The van der Waals surface area contributed by atoms with Gasteiger partial charge in [-0.05, 0) is 104 Å². The quantitative estimate of drug-likeness (QED) is 0.164. The van der Waals surface area contributed by atoms with Crippen LogP contribution in [0.1, 0.15) is 76.3 Å². The Kier molecular flexibility index (Phi) is 5.57. The molecule has 0 saturated heterocycles. The van der Waals surface area contributed by atoms with E-state index in [1.807, 2.05) is 0 Å². The van der Waals surface area contributed by atoms with Gasteiger partial charge in [-0.2, -0.15) is 0 Å². The van der Waals surface area contributed by atoms with Crippen molar-refractivity contribution in [1.29, 1.82) is 0 Å². The second-order valence-electron chi connectivity index (χ2n) is 17.5. The maximum Gasteiger partial charge on any atom is 0.0582 e. The van der Waals surface area contributed by atoms with E-state index in [-0.39, 0.29) is 16.2 Å². The molecular weight excluding hydrogens is 629 g/mol. The Hall–Kier alpha value is -5.60. The van der Waals surface area contributed by atoms with Gasteiger partial charge < -0.3 is 9.13 Å². The lowest BCUT2D eigenvalue weighted by molar-refractivity contribution is 0.581. The van der Waals surface area contributed by atoms with Crippen LogP contribution in [0.3, 0.4) is 0 Å². The number of fused-ring (bicyclic) bond motifs is 12. The molecule has 2 aromatic heterocycles. The standard InChI is InChI=1S/C50H42N2/c1-48(2,3)31-23-38-37-25-36-34-17-11-13-19-43(34)51(32-21-20-29-14-8-9-15-30(29)22-32)44(36)28-45(37)52-46-27-40-35(33-16-10-12-18-39(33)49(40,4)5)26-41(46)50(6,7)42(24-31)47(38)52/h8-28H,1-7H3. The third kappa shape index (κ3) is 3.70.